The van der Waals surface area contributed by atoms with Crippen LogP contribution in [0.2, 0.25) is 0 Å². The predicted molar refractivity (Wildman–Crippen MR) is 139 cm³/mol. The maximum Gasteiger partial charge on any atom is 0.340 e. The fraction of sp³-hybridized carbons (Fsp3) is 0.241. The van der Waals surface area contributed by atoms with E-state index in [4.69, 9.17) is 14.7 Å². The van der Waals surface area contributed by atoms with E-state index >= 15 is 0 Å². The highest BCUT2D eigenvalue weighted by molar-refractivity contribution is 7.98. The molecule has 0 radical (unpaired) electrons. The minimum atomic E-state index is -0.699. The minimum Gasteiger partial charge on any atom is -0.462 e. The molecular formula is C29H27N3O2S. The SMILES string of the molecule is CCOC(=O)c1cccnc1C1(c2ccnc(SC)n2)CCCc2ccc(-c3ccccc3)cc21. The lowest BCUT2D eigenvalue weighted by Crippen LogP contribution is -2.37. The quantitative estimate of drug-likeness (QED) is 0.188. The van der Waals surface area contributed by atoms with Crippen LogP contribution in [0, 0.1) is 0 Å². The summed E-state index contributed by atoms with van der Waals surface area (Å²) in [5.41, 5.74) is 5.99. The molecule has 0 saturated heterocycles. The van der Waals surface area contributed by atoms with Gasteiger partial charge >= 0.3 is 5.97 Å². The van der Waals surface area contributed by atoms with Crippen molar-refractivity contribution in [2.24, 2.45) is 0 Å². The molecule has 0 saturated carbocycles. The highest BCUT2D eigenvalue weighted by Crippen LogP contribution is 2.48. The summed E-state index contributed by atoms with van der Waals surface area (Å²) < 4.78 is 5.45. The number of thioether (sulfide) groups is 1. The fourth-order valence-corrected chi connectivity index (χ4v) is 5.47. The number of ether oxygens (including phenoxy) is 1. The second-order valence-corrected chi connectivity index (χ2v) is 9.32. The first-order valence-corrected chi connectivity index (χ1v) is 13.1. The maximum absolute atomic E-state index is 13.1. The lowest BCUT2D eigenvalue weighted by molar-refractivity contribution is 0.0523. The molecular weight excluding hydrogens is 454 g/mol. The molecule has 0 N–H and O–H groups in total. The van der Waals surface area contributed by atoms with Crippen LogP contribution in [0.5, 0.6) is 0 Å². The molecule has 0 amide bonds. The van der Waals surface area contributed by atoms with Crippen LogP contribution in [0.1, 0.15) is 52.6 Å². The van der Waals surface area contributed by atoms with Gasteiger partial charge in [0.2, 0.25) is 0 Å². The summed E-state index contributed by atoms with van der Waals surface area (Å²) in [4.78, 5) is 27.3. The van der Waals surface area contributed by atoms with Gasteiger partial charge in [-0.15, -0.1) is 0 Å². The van der Waals surface area contributed by atoms with Crippen molar-refractivity contribution < 1.29 is 9.53 Å². The van der Waals surface area contributed by atoms with E-state index in [1.807, 2.05) is 31.4 Å². The third kappa shape index (κ3) is 4.23. The molecule has 0 fully saturated rings. The number of rotatable bonds is 6. The molecule has 0 spiro atoms. The van der Waals surface area contributed by atoms with Gasteiger partial charge in [0.1, 0.15) is 0 Å². The van der Waals surface area contributed by atoms with E-state index in [2.05, 4.69) is 47.4 Å². The average molecular weight is 482 g/mol. The zero-order valence-electron chi connectivity index (χ0n) is 19.9. The molecule has 0 bridgehead atoms. The Bertz CT molecular complexity index is 1360. The van der Waals surface area contributed by atoms with Gasteiger partial charge < -0.3 is 4.74 Å². The lowest BCUT2D eigenvalue weighted by atomic mass is 9.64. The van der Waals surface area contributed by atoms with Crippen LogP contribution >= 0.6 is 11.8 Å². The second-order valence-electron chi connectivity index (χ2n) is 8.55. The van der Waals surface area contributed by atoms with Crippen molar-refractivity contribution in [3.05, 3.63) is 107 Å². The standard InChI is InChI=1S/C29H27N3O2S/c1-3-34-27(33)23-12-8-17-30-26(23)29(25-15-18-31-28(32-25)35-2)16-7-11-21-13-14-22(19-24(21)29)20-9-5-4-6-10-20/h4-6,8-10,12-15,17-19H,3,7,11,16H2,1-2H3. The Morgan fingerprint density at radius 1 is 1.00 bits per heavy atom. The number of hydrogen-bond acceptors (Lipinski definition) is 6. The van der Waals surface area contributed by atoms with Gasteiger partial charge in [-0.1, -0.05) is 54.2 Å². The molecule has 2 aromatic heterocycles. The highest BCUT2D eigenvalue weighted by atomic mass is 32.2. The Kier molecular flexibility index (Phi) is 6.64. The van der Waals surface area contributed by atoms with Gasteiger partial charge in [0.15, 0.2) is 5.16 Å². The van der Waals surface area contributed by atoms with Gasteiger partial charge in [-0.25, -0.2) is 14.8 Å². The van der Waals surface area contributed by atoms with Crippen molar-refractivity contribution in [3.8, 4) is 11.1 Å². The molecule has 1 unspecified atom stereocenters. The van der Waals surface area contributed by atoms with Gasteiger partial charge in [-0.2, -0.15) is 0 Å². The third-order valence-electron chi connectivity index (χ3n) is 6.64. The number of carbonyl (C=O) groups excluding carboxylic acids is 1. The van der Waals surface area contributed by atoms with E-state index in [-0.39, 0.29) is 5.97 Å². The number of benzene rings is 2. The third-order valence-corrected chi connectivity index (χ3v) is 7.20. The Labute approximate surface area is 210 Å². The van der Waals surface area contributed by atoms with E-state index in [1.54, 1.807) is 18.5 Å². The van der Waals surface area contributed by atoms with Crippen LogP contribution < -0.4 is 0 Å². The summed E-state index contributed by atoms with van der Waals surface area (Å²) in [5, 5.41) is 0.696. The molecule has 1 aliphatic carbocycles. The fourth-order valence-electron chi connectivity index (χ4n) is 5.11. The smallest absolute Gasteiger partial charge is 0.340 e. The first-order chi connectivity index (χ1) is 17.2. The Morgan fingerprint density at radius 2 is 1.86 bits per heavy atom. The first kappa shape index (κ1) is 23.2. The summed E-state index contributed by atoms with van der Waals surface area (Å²) in [6.07, 6.45) is 8.23. The van der Waals surface area contributed by atoms with Crippen LogP contribution in [0.15, 0.2) is 84.3 Å². The molecule has 5 nitrogen and oxygen atoms in total. The molecule has 6 heteroatoms. The largest absolute Gasteiger partial charge is 0.462 e. The molecule has 1 atom stereocenters. The van der Waals surface area contributed by atoms with Crippen LogP contribution in [-0.4, -0.2) is 33.8 Å². The van der Waals surface area contributed by atoms with Crippen LogP contribution in [0.4, 0.5) is 0 Å². The predicted octanol–water partition coefficient (Wildman–Crippen LogP) is 6.11. The molecule has 35 heavy (non-hydrogen) atoms. The van der Waals surface area contributed by atoms with E-state index in [0.717, 1.165) is 41.6 Å². The summed E-state index contributed by atoms with van der Waals surface area (Å²) >= 11 is 1.51. The summed E-state index contributed by atoms with van der Waals surface area (Å²) in [5.74, 6) is -0.361. The number of carbonyl (C=O) groups is 1. The summed E-state index contributed by atoms with van der Waals surface area (Å²) in [6.45, 7) is 2.12. The van der Waals surface area contributed by atoms with Gasteiger partial charge in [-0.3, -0.25) is 4.98 Å². The number of nitrogens with zero attached hydrogens (tertiary/aromatic N) is 3. The molecule has 4 aromatic rings. The normalized spacial score (nSPS) is 17.0. The van der Waals surface area contributed by atoms with Gasteiger partial charge in [0.05, 0.1) is 29.0 Å². The van der Waals surface area contributed by atoms with Crippen molar-refractivity contribution in [2.45, 2.75) is 36.8 Å². The van der Waals surface area contributed by atoms with Gasteiger partial charge in [0, 0.05) is 12.4 Å². The summed E-state index contributed by atoms with van der Waals surface area (Å²) in [6, 6.07) is 22.6. The Balaban J connectivity index is 1.82. The number of fused-ring (bicyclic) bond motifs is 1. The van der Waals surface area contributed by atoms with Crippen LogP contribution in [0.3, 0.4) is 0 Å². The van der Waals surface area contributed by atoms with Crippen molar-refractivity contribution >= 4 is 17.7 Å². The second kappa shape index (κ2) is 10.0. The maximum atomic E-state index is 13.1. The van der Waals surface area contributed by atoms with E-state index in [0.29, 0.717) is 23.0 Å². The molecule has 1 aliphatic rings. The topological polar surface area (TPSA) is 65.0 Å². The van der Waals surface area contributed by atoms with Crippen LogP contribution in [0.25, 0.3) is 11.1 Å². The number of pyridine rings is 1. The number of aryl methyl sites for hydroxylation is 1. The molecule has 5 rings (SSSR count). The molecule has 2 aromatic carbocycles. The van der Waals surface area contributed by atoms with Crippen molar-refractivity contribution in [1.82, 2.24) is 15.0 Å². The minimum absolute atomic E-state index is 0.305. The zero-order valence-corrected chi connectivity index (χ0v) is 20.7. The molecule has 0 aliphatic heterocycles. The Morgan fingerprint density at radius 3 is 2.66 bits per heavy atom. The van der Waals surface area contributed by atoms with Crippen LogP contribution in [-0.2, 0) is 16.6 Å². The monoisotopic (exact) mass is 481 g/mol. The van der Waals surface area contributed by atoms with Gasteiger partial charge in [-0.05, 0) is 79.0 Å². The van der Waals surface area contributed by atoms with E-state index < -0.39 is 5.41 Å². The van der Waals surface area contributed by atoms with Gasteiger partial charge in [0.25, 0.3) is 0 Å². The number of hydrogen-bond donors (Lipinski definition) is 0. The molecule has 176 valence electrons. The lowest BCUT2D eigenvalue weighted by Gasteiger charge is -2.39. The Hall–Kier alpha value is -3.51. The molecule has 2 heterocycles. The first-order valence-electron chi connectivity index (χ1n) is 11.9. The van der Waals surface area contributed by atoms with E-state index in [9.17, 15) is 4.79 Å². The van der Waals surface area contributed by atoms with Crippen molar-refractivity contribution in [3.63, 3.8) is 0 Å². The van der Waals surface area contributed by atoms with E-state index in [1.165, 1.54) is 17.3 Å². The van der Waals surface area contributed by atoms with Crippen molar-refractivity contribution in [1.29, 1.82) is 0 Å². The zero-order chi connectivity index (χ0) is 24.3. The van der Waals surface area contributed by atoms with Crippen molar-refractivity contribution in [2.75, 3.05) is 12.9 Å². The average Bonchev–Trinajstić information content (AvgIpc) is 2.93. The highest BCUT2D eigenvalue weighted by Gasteiger charge is 2.45. The number of aromatic nitrogens is 3. The summed E-state index contributed by atoms with van der Waals surface area (Å²) in [7, 11) is 0. The number of esters is 1.